The zero-order valence-corrected chi connectivity index (χ0v) is 19.6. The van der Waals surface area contributed by atoms with Crippen LogP contribution in [0.5, 0.6) is 11.5 Å². The summed E-state index contributed by atoms with van der Waals surface area (Å²) in [7, 11) is 0. The average Bonchev–Trinajstić information content (AvgIpc) is 2.88. The zero-order valence-electron chi connectivity index (χ0n) is 19.6. The molecule has 2 N–H and O–H groups in total. The zero-order chi connectivity index (χ0) is 23.4. The maximum atomic E-state index is 11.7. The Labute approximate surface area is 202 Å². The molecule has 0 heterocycles. The number of hydrogen-bond acceptors (Lipinski definition) is 4. The lowest BCUT2D eigenvalue weighted by Crippen LogP contribution is -2.48. The first-order valence-corrected chi connectivity index (χ1v) is 12.5. The molecule has 2 unspecified atom stereocenters. The van der Waals surface area contributed by atoms with Crippen LogP contribution in [0.4, 0.5) is 0 Å². The van der Waals surface area contributed by atoms with Crippen molar-refractivity contribution in [2.45, 2.75) is 63.4 Å². The van der Waals surface area contributed by atoms with Crippen molar-refractivity contribution in [1.82, 2.24) is 0 Å². The molecular weight excluding hydrogens is 424 g/mol. The van der Waals surface area contributed by atoms with E-state index in [0.717, 1.165) is 24.0 Å². The van der Waals surface area contributed by atoms with Gasteiger partial charge in [-0.1, -0.05) is 92.4 Å². The highest BCUT2D eigenvalue weighted by atomic mass is 16.5. The predicted molar refractivity (Wildman–Crippen MR) is 133 cm³/mol. The van der Waals surface area contributed by atoms with Crippen LogP contribution in [0.25, 0.3) is 0 Å². The molecule has 2 aliphatic carbocycles. The Kier molecular flexibility index (Phi) is 6.89. The molecule has 2 fully saturated rings. The molecule has 3 aromatic rings. The highest BCUT2D eigenvalue weighted by Gasteiger charge is 2.47. The third kappa shape index (κ3) is 4.98. The molecule has 4 heteroatoms. The van der Waals surface area contributed by atoms with Crippen LogP contribution in [0.3, 0.4) is 0 Å². The summed E-state index contributed by atoms with van der Waals surface area (Å²) in [6, 6.07) is 25.7. The van der Waals surface area contributed by atoms with Gasteiger partial charge in [0.2, 0.25) is 0 Å². The number of fused-ring (bicyclic) bond motifs is 1. The quantitative estimate of drug-likeness (QED) is 0.456. The van der Waals surface area contributed by atoms with Crippen LogP contribution in [0.15, 0.2) is 78.9 Å². The first-order chi connectivity index (χ1) is 16.6. The van der Waals surface area contributed by atoms with E-state index in [1.807, 2.05) is 78.9 Å². The molecule has 4 nitrogen and oxygen atoms in total. The second-order valence-corrected chi connectivity index (χ2v) is 9.89. The average molecular weight is 459 g/mol. The van der Waals surface area contributed by atoms with Crippen molar-refractivity contribution in [3.05, 3.63) is 95.6 Å². The SMILES string of the molecule is O[C@H]1CC2CCCCC2C[C@@]1(O)c1ccc(OCc2ccccc2)c(OCc2ccccc2)c1. The van der Waals surface area contributed by atoms with Crippen LogP contribution in [-0.4, -0.2) is 16.3 Å². The smallest absolute Gasteiger partial charge is 0.162 e. The number of benzene rings is 3. The minimum atomic E-state index is -1.26. The normalized spacial score (nSPS) is 26.5. The van der Waals surface area contributed by atoms with Gasteiger partial charge in [0.05, 0.1) is 6.10 Å². The van der Waals surface area contributed by atoms with Crippen LogP contribution < -0.4 is 9.47 Å². The van der Waals surface area contributed by atoms with E-state index in [2.05, 4.69) is 0 Å². The molecule has 0 bridgehead atoms. The van der Waals surface area contributed by atoms with Crippen molar-refractivity contribution in [3.63, 3.8) is 0 Å². The lowest BCUT2D eigenvalue weighted by atomic mass is 9.63. The van der Waals surface area contributed by atoms with Crippen LogP contribution in [0, 0.1) is 11.8 Å². The number of rotatable bonds is 7. The fraction of sp³-hybridized carbons (Fsp3) is 0.400. The van der Waals surface area contributed by atoms with Gasteiger partial charge in [-0.25, -0.2) is 0 Å². The topological polar surface area (TPSA) is 58.9 Å². The minimum Gasteiger partial charge on any atom is -0.485 e. The summed E-state index contributed by atoms with van der Waals surface area (Å²) >= 11 is 0. The standard InChI is InChI=1S/C30H34O4/c31-29-17-24-13-7-8-14-25(24)19-30(29,32)26-15-16-27(33-20-22-9-3-1-4-10-22)28(18-26)34-21-23-11-5-2-6-12-23/h1-6,9-12,15-16,18,24-25,29,31-32H,7-8,13-14,17,19-21H2/t24?,25?,29-,30+/m0/s1. The van der Waals surface area contributed by atoms with E-state index in [1.165, 1.54) is 12.8 Å². The van der Waals surface area contributed by atoms with Gasteiger partial charge in [-0.05, 0) is 53.5 Å². The molecule has 4 atom stereocenters. The lowest BCUT2D eigenvalue weighted by Gasteiger charge is -2.47. The monoisotopic (exact) mass is 458 g/mol. The Balaban J connectivity index is 1.41. The summed E-state index contributed by atoms with van der Waals surface area (Å²) in [4.78, 5) is 0. The van der Waals surface area contributed by atoms with Crippen LogP contribution >= 0.6 is 0 Å². The highest BCUT2D eigenvalue weighted by Crippen LogP contribution is 2.49. The number of aliphatic hydroxyl groups is 2. The number of ether oxygens (including phenoxy) is 2. The van der Waals surface area contributed by atoms with E-state index in [-0.39, 0.29) is 0 Å². The van der Waals surface area contributed by atoms with Gasteiger partial charge in [0, 0.05) is 0 Å². The van der Waals surface area contributed by atoms with E-state index < -0.39 is 11.7 Å². The third-order valence-corrected chi connectivity index (χ3v) is 7.64. The van der Waals surface area contributed by atoms with Crippen molar-refractivity contribution < 1.29 is 19.7 Å². The van der Waals surface area contributed by atoms with E-state index >= 15 is 0 Å². The second kappa shape index (κ2) is 10.2. The molecule has 0 amide bonds. The lowest BCUT2D eigenvalue weighted by molar-refractivity contribution is -0.141. The van der Waals surface area contributed by atoms with Crippen molar-refractivity contribution in [2.24, 2.45) is 11.8 Å². The molecule has 0 aromatic heterocycles. The van der Waals surface area contributed by atoms with Gasteiger partial charge in [0.25, 0.3) is 0 Å². The molecule has 5 rings (SSSR count). The fourth-order valence-corrected chi connectivity index (χ4v) is 5.67. The van der Waals surface area contributed by atoms with Crippen LogP contribution in [-0.2, 0) is 18.8 Å². The Morgan fingerprint density at radius 2 is 1.32 bits per heavy atom. The molecule has 3 aromatic carbocycles. The van der Waals surface area contributed by atoms with Crippen molar-refractivity contribution >= 4 is 0 Å². The van der Waals surface area contributed by atoms with Crippen molar-refractivity contribution in [1.29, 1.82) is 0 Å². The Morgan fingerprint density at radius 3 is 1.97 bits per heavy atom. The van der Waals surface area contributed by atoms with E-state index in [4.69, 9.17) is 9.47 Å². The van der Waals surface area contributed by atoms with Gasteiger partial charge in [-0.2, -0.15) is 0 Å². The van der Waals surface area contributed by atoms with Crippen molar-refractivity contribution in [3.8, 4) is 11.5 Å². The van der Waals surface area contributed by atoms with E-state index in [0.29, 0.717) is 55.0 Å². The van der Waals surface area contributed by atoms with Gasteiger partial charge in [-0.3, -0.25) is 0 Å². The third-order valence-electron chi connectivity index (χ3n) is 7.64. The van der Waals surface area contributed by atoms with Gasteiger partial charge < -0.3 is 19.7 Å². The van der Waals surface area contributed by atoms with Gasteiger partial charge in [-0.15, -0.1) is 0 Å². The largest absolute Gasteiger partial charge is 0.485 e. The summed E-state index contributed by atoms with van der Waals surface area (Å²) in [6.45, 7) is 0.830. The van der Waals surface area contributed by atoms with Crippen LogP contribution in [0.1, 0.15) is 55.2 Å². The molecule has 0 radical (unpaired) electrons. The first-order valence-electron chi connectivity index (χ1n) is 12.5. The summed E-state index contributed by atoms with van der Waals surface area (Å²) in [5.74, 6) is 2.20. The van der Waals surface area contributed by atoms with E-state index in [9.17, 15) is 10.2 Å². The molecule has 178 valence electrons. The number of aliphatic hydroxyl groups excluding tert-OH is 1. The Morgan fingerprint density at radius 1 is 0.735 bits per heavy atom. The molecule has 0 spiro atoms. The fourth-order valence-electron chi connectivity index (χ4n) is 5.67. The summed E-state index contributed by atoms with van der Waals surface area (Å²) < 4.78 is 12.3. The molecule has 2 saturated carbocycles. The molecule has 34 heavy (non-hydrogen) atoms. The van der Waals surface area contributed by atoms with Gasteiger partial charge in [0.1, 0.15) is 18.8 Å². The first kappa shape index (κ1) is 22.9. The molecule has 0 aliphatic heterocycles. The Bertz CT molecular complexity index is 1070. The van der Waals surface area contributed by atoms with Gasteiger partial charge >= 0.3 is 0 Å². The summed E-state index contributed by atoms with van der Waals surface area (Å²) in [5.41, 5.74) is 1.58. The highest BCUT2D eigenvalue weighted by molar-refractivity contribution is 5.45. The maximum absolute atomic E-state index is 11.7. The molecule has 2 aliphatic rings. The van der Waals surface area contributed by atoms with Crippen molar-refractivity contribution in [2.75, 3.05) is 0 Å². The molecule has 0 saturated heterocycles. The Hall–Kier alpha value is -2.82. The minimum absolute atomic E-state index is 0.400. The summed E-state index contributed by atoms with van der Waals surface area (Å²) in [6.07, 6.45) is 5.23. The predicted octanol–water partition coefficient (Wildman–Crippen LogP) is 5.99. The maximum Gasteiger partial charge on any atom is 0.162 e. The number of hydrogen-bond donors (Lipinski definition) is 2. The van der Waals surface area contributed by atoms with Crippen LogP contribution in [0.2, 0.25) is 0 Å². The second-order valence-electron chi connectivity index (χ2n) is 9.89. The summed E-state index contributed by atoms with van der Waals surface area (Å²) in [5, 5.41) is 22.7. The molecular formula is C30H34O4. The van der Waals surface area contributed by atoms with E-state index in [1.54, 1.807) is 0 Å². The van der Waals surface area contributed by atoms with Gasteiger partial charge in [0.15, 0.2) is 11.5 Å².